The zero-order valence-electron chi connectivity index (χ0n) is 10.8. The number of hydrogen-bond acceptors (Lipinski definition) is 2. The Balaban J connectivity index is 1.84. The van der Waals surface area contributed by atoms with Crippen LogP contribution in [-0.4, -0.2) is 9.78 Å². The first kappa shape index (κ1) is 12.0. The molecule has 1 aliphatic rings. The van der Waals surface area contributed by atoms with Gasteiger partial charge in [0.05, 0.1) is 18.0 Å². The molecule has 1 aliphatic carbocycles. The van der Waals surface area contributed by atoms with E-state index in [1.54, 1.807) is 6.20 Å². The molecule has 3 rings (SSSR count). The molecule has 1 aromatic heterocycles. The van der Waals surface area contributed by atoms with E-state index < -0.39 is 0 Å². The van der Waals surface area contributed by atoms with Crippen LogP contribution in [0.2, 0.25) is 0 Å². The van der Waals surface area contributed by atoms with Crippen LogP contribution in [0.4, 0.5) is 0 Å². The van der Waals surface area contributed by atoms with Gasteiger partial charge in [0.1, 0.15) is 0 Å². The van der Waals surface area contributed by atoms with Gasteiger partial charge in [-0.05, 0) is 36.8 Å². The van der Waals surface area contributed by atoms with Gasteiger partial charge in [-0.25, -0.2) is 0 Å². The second-order valence-corrected chi connectivity index (χ2v) is 5.21. The molecule has 2 aromatic rings. The highest BCUT2D eigenvalue weighted by atomic mass is 15.3. The fourth-order valence-corrected chi connectivity index (χ4v) is 3.09. The minimum Gasteiger partial charge on any atom is -0.268 e. The lowest BCUT2D eigenvalue weighted by atomic mass is 9.76. The number of nitrogens with zero attached hydrogens (tertiary/aromatic N) is 3. The van der Waals surface area contributed by atoms with Crippen molar-refractivity contribution in [3.63, 3.8) is 0 Å². The summed E-state index contributed by atoms with van der Waals surface area (Å²) in [5, 5.41) is 13.7. The van der Waals surface area contributed by atoms with Crippen LogP contribution < -0.4 is 0 Å². The molecule has 0 spiro atoms. The Morgan fingerprint density at radius 3 is 2.68 bits per heavy atom. The van der Waals surface area contributed by atoms with Crippen LogP contribution in [-0.2, 0) is 0 Å². The van der Waals surface area contributed by atoms with Crippen molar-refractivity contribution in [3.8, 4) is 6.07 Å². The molecule has 19 heavy (non-hydrogen) atoms. The monoisotopic (exact) mass is 251 g/mol. The number of hydrogen-bond donors (Lipinski definition) is 0. The summed E-state index contributed by atoms with van der Waals surface area (Å²) in [4.78, 5) is 0. The lowest BCUT2D eigenvalue weighted by molar-refractivity contribution is 0.246. The van der Waals surface area contributed by atoms with Crippen molar-refractivity contribution in [2.24, 2.45) is 5.92 Å². The molecule has 1 saturated carbocycles. The zero-order chi connectivity index (χ0) is 13.1. The first-order valence-corrected chi connectivity index (χ1v) is 6.82. The SMILES string of the molecule is N#CC1CCC(c2ccccc2)CC1n1cccn1. The molecule has 0 bridgehead atoms. The minimum absolute atomic E-state index is 0.0832. The molecule has 0 aliphatic heterocycles. The summed E-state index contributed by atoms with van der Waals surface area (Å²) in [6.45, 7) is 0. The predicted octanol–water partition coefficient (Wildman–Crippen LogP) is 3.53. The van der Waals surface area contributed by atoms with Gasteiger partial charge in [0.25, 0.3) is 0 Å². The molecule has 96 valence electrons. The lowest BCUT2D eigenvalue weighted by Gasteiger charge is -2.33. The molecule has 3 heteroatoms. The zero-order valence-corrected chi connectivity index (χ0v) is 10.8. The minimum atomic E-state index is 0.0832. The third-order valence-electron chi connectivity index (χ3n) is 4.12. The van der Waals surface area contributed by atoms with E-state index in [4.69, 9.17) is 0 Å². The van der Waals surface area contributed by atoms with Gasteiger partial charge in [-0.15, -0.1) is 0 Å². The number of aromatic nitrogens is 2. The average Bonchev–Trinajstić information content (AvgIpc) is 3.01. The summed E-state index contributed by atoms with van der Waals surface area (Å²) < 4.78 is 1.96. The van der Waals surface area contributed by atoms with Crippen molar-refractivity contribution in [1.82, 2.24) is 9.78 Å². The fraction of sp³-hybridized carbons (Fsp3) is 0.375. The van der Waals surface area contributed by atoms with Gasteiger partial charge >= 0.3 is 0 Å². The summed E-state index contributed by atoms with van der Waals surface area (Å²) in [6, 6.07) is 15.2. The van der Waals surface area contributed by atoms with E-state index >= 15 is 0 Å². The van der Waals surface area contributed by atoms with Gasteiger partial charge in [0.2, 0.25) is 0 Å². The van der Waals surface area contributed by atoms with Crippen LogP contribution in [0.1, 0.15) is 36.8 Å². The van der Waals surface area contributed by atoms with Crippen LogP contribution in [0.5, 0.6) is 0 Å². The molecule has 3 atom stereocenters. The van der Waals surface area contributed by atoms with Crippen molar-refractivity contribution in [2.45, 2.75) is 31.2 Å². The summed E-state index contributed by atoms with van der Waals surface area (Å²) in [5.74, 6) is 0.625. The summed E-state index contributed by atoms with van der Waals surface area (Å²) in [7, 11) is 0. The first-order valence-electron chi connectivity index (χ1n) is 6.82. The standard InChI is InChI=1S/C16H17N3/c17-12-15-8-7-14(13-5-2-1-3-6-13)11-16(15)19-10-4-9-18-19/h1-6,9-10,14-16H,7-8,11H2. The molecular weight excluding hydrogens is 234 g/mol. The smallest absolute Gasteiger partial charge is 0.0688 e. The van der Waals surface area contributed by atoms with Crippen molar-refractivity contribution in [2.75, 3.05) is 0 Å². The summed E-state index contributed by atoms with van der Waals surface area (Å²) in [6.07, 6.45) is 6.83. The second-order valence-electron chi connectivity index (χ2n) is 5.21. The molecule has 0 radical (unpaired) electrons. The number of benzene rings is 1. The molecule has 3 nitrogen and oxygen atoms in total. The normalized spacial score (nSPS) is 26.8. The van der Waals surface area contributed by atoms with E-state index in [9.17, 15) is 5.26 Å². The van der Waals surface area contributed by atoms with E-state index in [0.29, 0.717) is 5.92 Å². The first-order chi connectivity index (χ1) is 9.38. The molecule has 0 saturated heterocycles. The van der Waals surface area contributed by atoms with Crippen LogP contribution in [0.15, 0.2) is 48.8 Å². The van der Waals surface area contributed by atoms with E-state index in [0.717, 1.165) is 19.3 Å². The highest BCUT2D eigenvalue weighted by Crippen LogP contribution is 2.41. The van der Waals surface area contributed by atoms with Crippen LogP contribution in [0, 0.1) is 17.2 Å². The van der Waals surface area contributed by atoms with E-state index in [2.05, 4.69) is 41.5 Å². The topological polar surface area (TPSA) is 41.6 Å². The molecular formula is C16H17N3. The van der Waals surface area contributed by atoms with Crippen molar-refractivity contribution in [1.29, 1.82) is 5.26 Å². The Kier molecular flexibility index (Phi) is 3.33. The third-order valence-corrected chi connectivity index (χ3v) is 4.12. The molecule has 1 fully saturated rings. The predicted molar refractivity (Wildman–Crippen MR) is 73.4 cm³/mol. The van der Waals surface area contributed by atoms with Gasteiger partial charge in [0, 0.05) is 12.4 Å². The van der Waals surface area contributed by atoms with Gasteiger partial charge in [-0.3, -0.25) is 4.68 Å². The largest absolute Gasteiger partial charge is 0.268 e. The number of nitriles is 1. The fourth-order valence-electron chi connectivity index (χ4n) is 3.09. The van der Waals surface area contributed by atoms with E-state index in [1.165, 1.54) is 5.56 Å². The van der Waals surface area contributed by atoms with E-state index in [1.807, 2.05) is 16.9 Å². The number of rotatable bonds is 2. The van der Waals surface area contributed by atoms with Crippen molar-refractivity contribution < 1.29 is 0 Å². The third kappa shape index (κ3) is 2.39. The van der Waals surface area contributed by atoms with Gasteiger partial charge in [0.15, 0.2) is 0 Å². The summed E-state index contributed by atoms with van der Waals surface area (Å²) >= 11 is 0. The molecule has 0 N–H and O–H groups in total. The Hall–Kier alpha value is -2.08. The van der Waals surface area contributed by atoms with Gasteiger partial charge in [-0.1, -0.05) is 30.3 Å². The lowest BCUT2D eigenvalue weighted by Crippen LogP contribution is -2.26. The summed E-state index contributed by atoms with van der Waals surface area (Å²) in [5.41, 5.74) is 1.39. The Bertz CT molecular complexity index is 553. The van der Waals surface area contributed by atoms with Crippen molar-refractivity contribution in [3.05, 3.63) is 54.4 Å². The van der Waals surface area contributed by atoms with Crippen LogP contribution in [0.3, 0.4) is 0 Å². The highest BCUT2D eigenvalue weighted by Gasteiger charge is 2.32. The Morgan fingerprint density at radius 1 is 1.16 bits per heavy atom. The molecule has 1 aromatic carbocycles. The highest BCUT2D eigenvalue weighted by molar-refractivity contribution is 5.21. The maximum absolute atomic E-state index is 9.33. The molecule has 0 amide bonds. The Morgan fingerprint density at radius 2 is 2.00 bits per heavy atom. The quantitative estimate of drug-likeness (QED) is 0.819. The molecule has 3 unspecified atom stereocenters. The van der Waals surface area contributed by atoms with Gasteiger partial charge in [-0.2, -0.15) is 10.4 Å². The van der Waals surface area contributed by atoms with Crippen LogP contribution in [0.25, 0.3) is 0 Å². The van der Waals surface area contributed by atoms with Crippen LogP contribution >= 0.6 is 0 Å². The van der Waals surface area contributed by atoms with Gasteiger partial charge < -0.3 is 0 Å². The average molecular weight is 251 g/mol. The Labute approximate surface area is 113 Å². The second kappa shape index (κ2) is 5.27. The maximum atomic E-state index is 9.33. The maximum Gasteiger partial charge on any atom is 0.0688 e. The van der Waals surface area contributed by atoms with Crippen molar-refractivity contribution >= 4 is 0 Å². The van der Waals surface area contributed by atoms with E-state index in [-0.39, 0.29) is 12.0 Å². The molecule has 1 heterocycles.